The normalized spacial score (nSPS) is 11.9. The molecule has 3 heterocycles. The van der Waals surface area contributed by atoms with Gasteiger partial charge < -0.3 is 4.90 Å². The Morgan fingerprint density at radius 2 is 1.82 bits per heavy atom. The fourth-order valence-corrected chi connectivity index (χ4v) is 4.49. The number of likely N-dealkylation sites (N-methyl/N-ethyl adjacent to an activating group) is 1. The van der Waals surface area contributed by atoms with Crippen molar-refractivity contribution >= 4 is 21.4 Å². The lowest BCUT2D eigenvalue weighted by molar-refractivity contribution is -0.131. The number of aromatic nitrogens is 6. The lowest BCUT2D eigenvalue weighted by atomic mass is 10.3. The number of fused-ring (bicyclic) bond motifs is 1. The summed E-state index contributed by atoms with van der Waals surface area (Å²) >= 11 is 0. The van der Waals surface area contributed by atoms with Gasteiger partial charge in [-0.1, -0.05) is 0 Å². The maximum absolute atomic E-state index is 13.2. The van der Waals surface area contributed by atoms with E-state index < -0.39 is 9.84 Å². The average molecular weight is 405 g/mol. The van der Waals surface area contributed by atoms with Gasteiger partial charge in [0.25, 0.3) is 5.16 Å². The molecule has 0 aliphatic rings. The molecule has 0 saturated heterocycles. The van der Waals surface area contributed by atoms with E-state index >= 15 is 0 Å². The van der Waals surface area contributed by atoms with Gasteiger partial charge in [0, 0.05) is 24.5 Å². The maximum Gasteiger partial charge on any atom is 0.271 e. The highest BCUT2D eigenvalue weighted by Crippen LogP contribution is 2.25. The minimum absolute atomic E-state index is 0.0212. The molecule has 0 spiro atoms. The van der Waals surface area contributed by atoms with Gasteiger partial charge in [0.1, 0.15) is 17.8 Å². The molecule has 0 atom stereocenters. The molecular weight excluding hydrogens is 382 g/mol. The summed E-state index contributed by atoms with van der Waals surface area (Å²) in [5.74, 6) is -0.154. The molecule has 0 fully saturated rings. The molecule has 1 amide bonds. The topological polar surface area (TPSA) is 115 Å². The first kappa shape index (κ1) is 19.9. The van der Waals surface area contributed by atoms with E-state index in [1.165, 1.54) is 15.5 Å². The number of sulfone groups is 1. The Balaban J connectivity index is 2.01. The molecule has 0 aliphatic carbocycles. The number of carbonyl (C=O) groups is 1. The molecule has 0 aliphatic heterocycles. The van der Waals surface area contributed by atoms with Crippen molar-refractivity contribution in [1.29, 1.82) is 0 Å². The third kappa shape index (κ3) is 3.37. The first-order valence-electron chi connectivity index (χ1n) is 8.94. The van der Waals surface area contributed by atoms with Crippen LogP contribution in [0.15, 0.2) is 22.4 Å². The maximum atomic E-state index is 13.2. The van der Waals surface area contributed by atoms with Crippen LogP contribution in [0.3, 0.4) is 0 Å². The van der Waals surface area contributed by atoms with Crippen LogP contribution in [-0.4, -0.2) is 61.7 Å². The highest BCUT2D eigenvalue weighted by Gasteiger charge is 2.31. The van der Waals surface area contributed by atoms with Gasteiger partial charge in [-0.3, -0.25) is 4.79 Å². The molecule has 0 N–H and O–H groups in total. The average Bonchev–Trinajstić information content (AvgIpc) is 3.21. The second-order valence-corrected chi connectivity index (χ2v) is 8.26. The second kappa shape index (κ2) is 7.30. The molecule has 0 radical (unpaired) electrons. The molecule has 3 rings (SSSR count). The zero-order chi connectivity index (χ0) is 20.6. The Morgan fingerprint density at radius 1 is 1.14 bits per heavy atom. The predicted molar refractivity (Wildman–Crippen MR) is 101 cm³/mol. The van der Waals surface area contributed by atoms with Crippen LogP contribution in [0.4, 0.5) is 0 Å². The summed E-state index contributed by atoms with van der Waals surface area (Å²) in [4.78, 5) is 22.1. The van der Waals surface area contributed by atoms with Gasteiger partial charge >= 0.3 is 0 Å². The molecule has 0 unspecified atom stereocenters. The Bertz CT molecular complexity index is 1140. The smallest absolute Gasteiger partial charge is 0.271 e. The van der Waals surface area contributed by atoms with Crippen molar-refractivity contribution in [3.63, 3.8) is 0 Å². The fraction of sp³-hybridized carbons (Fsp3) is 0.471. The van der Waals surface area contributed by atoms with Gasteiger partial charge in [0.05, 0.1) is 5.69 Å². The molecule has 0 saturated carbocycles. The summed E-state index contributed by atoms with van der Waals surface area (Å²) in [6, 6.07) is 1.82. The SMILES string of the molecule is CCN(CC)C(=O)Cn1cnc(S(=O)(=O)c2c(C)nn3c(C)cc(C)nc23)n1. The number of nitrogens with zero attached hydrogens (tertiary/aromatic N) is 7. The fourth-order valence-electron chi connectivity index (χ4n) is 3.11. The molecule has 10 nitrogen and oxygen atoms in total. The van der Waals surface area contributed by atoms with Crippen molar-refractivity contribution in [2.45, 2.75) is 51.2 Å². The lowest BCUT2D eigenvalue weighted by Gasteiger charge is -2.17. The van der Waals surface area contributed by atoms with E-state index in [1.54, 1.807) is 18.7 Å². The van der Waals surface area contributed by atoms with E-state index in [1.807, 2.05) is 26.8 Å². The third-order valence-electron chi connectivity index (χ3n) is 4.45. The number of hydrogen-bond acceptors (Lipinski definition) is 7. The first-order chi connectivity index (χ1) is 13.2. The van der Waals surface area contributed by atoms with Crippen LogP contribution in [0.25, 0.3) is 5.65 Å². The van der Waals surface area contributed by atoms with Crippen LogP contribution in [-0.2, 0) is 21.2 Å². The van der Waals surface area contributed by atoms with Crippen LogP contribution < -0.4 is 0 Å². The monoisotopic (exact) mass is 405 g/mol. The Hall–Kier alpha value is -2.82. The number of hydrogen-bond donors (Lipinski definition) is 0. The number of rotatable bonds is 6. The van der Waals surface area contributed by atoms with E-state index in [9.17, 15) is 13.2 Å². The van der Waals surface area contributed by atoms with Crippen molar-refractivity contribution in [2.24, 2.45) is 0 Å². The highest BCUT2D eigenvalue weighted by molar-refractivity contribution is 7.91. The zero-order valence-electron chi connectivity index (χ0n) is 16.5. The number of carbonyl (C=O) groups excluding carboxylic acids is 1. The van der Waals surface area contributed by atoms with E-state index in [0.29, 0.717) is 24.5 Å². The van der Waals surface area contributed by atoms with Crippen LogP contribution in [0.1, 0.15) is 30.9 Å². The summed E-state index contributed by atoms with van der Waals surface area (Å²) in [7, 11) is -4.05. The van der Waals surface area contributed by atoms with Crippen molar-refractivity contribution in [3.05, 3.63) is 29.5 Å². The van der Waals surface area contributed by atoms with Crippen LogP contribution >= 0.6 is 0 Å². The van der Waals surface area contributed by atoms with Gasteiger partial charge in [-0.15, -0.1) is 5.10 Å². The largest absolute Gasteiger partial charge is 0.342 e. The Kier molecular flexibility index (Phi) is 5.20. The van der Waals surface area contributed by atoms with Crippen LogP contribution in [0.2, 0.25) is 0 Å². The first-order valence-corrected chi connectivity index (χ1v) is 10.4. The van der Waals surface area contributed by atoms with Crippen molar-refractivity contribution in [1.82, 2.24) is 34.3 Å². The molecule has 11 heteroatoms. The summed E-state index contributed by atoms with van der Waals surface area (Å²) in [6.45, 7) is 10.1. The lowest BCUT2D eigenvalue weighted by Crippen LogP contribution is -2.33. The highest BCUT2D eigenvalue weighted by atomic mass is 32.2. The zero-order valence-corrected chi connectivity index (χ0v) is 17.4. The van der Waals surface area contributed by atoms with Gasteiger partial charge in [-0.25, -0.2) is 27.6 Å². The van der Waals surface area contributed by atoms with Crippen molar-refractivity contribution in [3.8, 4) is 0 Å². The molecule has 0 bridgehead atoms. The predicted octanol–water partition coefficient (Wildman–Crippen LogP) is 0.947. The summed E-state index contributed by atoms with van der Waals surface area (Å²) in [6.07, 6.45) is 1.25. The molecule has 28 heavy (non-hydrogen) atoms. The van der Waals surface area contributed by atoms with Gasteiger partial charge in [-0.2, -0.15) is 5.10 Å². The van der Waals surface area contributed by atoms with E-state index in [4.69, 9.17) is 0 Å². The summed E-state index contributed by atoms with van der Waals surface area (Å²) < 4.78 is 29.1. The molecule has 0 aromatic carbocycles. The quantitative estimate of drug-likeness (QED) is 0.599. The minimum Gasteiger partial charge on any atom is -0.342 e. The second-order valence-electron chi connectivity index (χ2n) is 6.48. The Labute approximate surface area is 163 Å². The van der Waals surface area contributed by atoms with Crippen LogP contribution in [0, 0.1) is 20.8 Å². The molecular formula is C17H23N7O3S. The number of amides is 1. The molecule has 3 aromatic rings. The van der Waals surface area contributed by atoms with Gasteiger partial charge in [0.2, 0.25) is 15.7 Å². The van der Waals surface area contributed by atoms with Crippen LogP contribution in [0.5, 0.6) is 0 Å². The summed E-state index contributed by atoms with van der Waals surface area (Å²) in [5.41, 5.74) is 2.02. The summed E-state index contributed by atoms with van der Waals surface area (Å²) in [5, 5.41) is 7.95. The van der Waals surface area contributed by atoms with Crippen molar-refractivity contribution < 1.29 is 13.2 Å². The Morgan fingerprint density at radius 3 is 2.46 bits per heavy atom. The number of aryl methyl sites for hydroxylation is 3. The van der Waals surface area contributed by atoms with Gasteiger partial charge in [0.15, 0.2) is 5.65 Å². The molecule has 150 valence electrons. The van der Waals surface area contributed by atoms with E-state index in [-0.39, 0.29) is 28.2 Å². The van der Waals surface area contributed by atoms with Crippen molar-refractivity contribution in [2.75, 3.05) is 13.1 Å². The minimum atomic E-state index is -4.05. The van der Waals surface area contributed by atoms with E-state index in [0.717, 1.165) is 5.69 Å². The van der Waals surface area contributed by atoms with E-state index in [2.05, 4.69) is 20.2 Å². The van der Waals surface area contributed by atoms with Gasteiger partial charge in [-0.05, 0) is 40.7 Å². The molecule has 3 aromatic heterocycles. The standard InChI is InChI=1S/C17H23N7O3S/c1-6-22(7-2)14(25)9-23-10-18-17(21-23)28(26,27)15-13(5)20-24-12(4)8-11(3)19-16(15)24/h8,10H,6-7,9H2,1-5H3. The third-order valence-corrected chi connectivity index (χ3v) is 6.14.